The fourth-order valence-corrected chi connectivity index (χ4v) is 11.6. The second-order valence-electron chi connectivity index (χ2n) is 13.4. The molecule has 0 heterocycles. The summed E-state index contributed by atoms with van der Waals surface area (Å²) < 4.78 is 1.26. The number of hydrogen-bond acceptors (Lipinski definition) is 0. The smallest absolute Gasteiger partial charge is 0.0135 e. The van der Waals surface area contributed by atoms with Crippen LogP contribution in [-0.4, -0.2) is 9.52 Å². The second-order valence-corrected chi connectivity index (χ2v) is 18.5. The van der Waals surface area contributed by atoms with Crippen LogP contribution in [0.25, 0.3) is 46.6 Å². The number of benzene rings is 6. The summed E-state index contributed by atoms with van der Waals surface area (Å²) in [5.41, 5.74) is 17.0. The molecule has 6 aromatic rings. The number of allylic oxidation sites excluding steroid dienone is 4. The van der Waals surface area contributed by atoms with Gasteiger partial charge in [0.25, 0.3) is 0 Å². The van der Waals surface area contributed by atoms with E-state index in [9.17, 15) is 0 Å². The summed E-state index contributed by atoms with van der Waals surface area (Å²) in [5.74, 6) is 0. The summed E-state index contributed by atoms with van der Waals surface area (Å²) >= 11 is -0.835. The quantitative estimate of drug-likeness (QED) is 0.112. The largest absolute Gasteiger partial charge is 0.0750 e. The van der Waals surface area contributed by atoms with Gasteiger partial charge in [0.05, 0.1) is 0 Å². The van der Waals surface area contributed by atoms with Gasteiger partial charge in [0.2, 0.25) is 0 Å². The fourth-order valence-electron chi connectivity index (χ4n) is 6.91. The summed E-state index contributed by atoms with van der Waals surface area (Å²) in [5, 5.41) is 0. The molecule has 0 spiro atoms. The third-order valence-corrected chi connectivity index (χ3v) is 14.8. The Bertz CT molecular complexity index is 2000. The monoisotopic (exact) mass is 766 g/mol. The first-order valence-electron chi connectivity index (χ1n) is 18.5. The number of hydrogen-bond donors (Lipinski definition) is 0. The van der Waals surface area contributed by atoms with E-state index < -0.39 is 23.2 Å². The summed E-state index contributed by atoms with van der Waals surface area (Å²) in [6.07, 6.45) is 13.3. The van der Waals surface area contributed by atoms with E-state index in [0.29, 0.717) is 16.8 Å². The van der Waals surface area contributed by atoms with E-state index in [1.807, 2.05) is 36.4 Å². The molecule has 2 aliphatic carbocycles. The molecule has 2 heteroatoms. The van der Waals surface area contributed by atoms with Crippen molar-refractivity contribution in [2.75, 3.05) is 0 Å². The molecule has 2 unspecified atom stereocenters. The molecule has 0 fully saturated rings. The Balaban J connectivity index is 0.000000205. The van der Waals surface area contributed by atoms with Crippen molar-refractivity contribution in [3.05, 3.63) is 214 Å². The topological polar surface area (TPSA) is 0 Å². The molecule has 0 bridgehead atoms. The normalized spacial score (nSPS) is 15.5. The standard InChI is InChI=1S/2C16H13.C16H14.C2H8Si.Zr/c2*1-12-10-14-8-5-9-15(16(14)11-12)13-6-3-2-4-7-13;1-3-9-15(10-4-1)13-7-8-14-16-11-5-2-6-12-16;1-3-2;/h2*2-11H,1H3;1-14H;3H2,1-2H3;. The van der Waals surface area contributed by atoms with Gasteiger partial charge in [-0.3, -0.25) is 0 Å². The van der Waals surface area contributed by atoms with Crippen LogP contribution in [-0.2, 0) is 23.2 Å². The Morgan fingerprint density at radius 2 is 0.788 bits per heavy atom. The Hall–Kier alpha value is -4.62. The third kappa shape index (κ3) is 9.23. The molecule has 0 N–H and O–H groups in total. The number of fused-ring (bicyclic) bond motifs is 2. The maximum atomic E-state index is 2.47. The van der Waals surface area contributed by atoms with Crippen molar-refractivity contribution in [2.45, 2.75) is 34.2 Å². The Labute approximate surface area is 325 Å². The van der Waals surface area contributed by atoms with Crippen LogP contribution in [0.15, 0.2) is 181 Å². The SMILES string of the molecule is C(C=Cc1ccccc1)=Cc1ccccc1.CC1=Cc2c(-c3ccccc3)cccc2[CH]1[Zr][CH]1C(C)=Cc2c(-c3ccccc3)cccc21.C[SiH2]C. The van der Waals surface area contributed by atoms with Crippen LogP contribution in [0.4, 0.5) is 0 Å². The summed E-state index contributed by atoms with van der Waals surface area (Å²) in [6, 6.07) is 56.1. The van der Waals surface area contributed by atoms with Crippen LogP contribution < -0.4 is 0 Å². The first-order chi connectivity index (χ1) is 25.6. The van der Waals surface area contributed by atoms with Gasteiger partial charge >= 0.3 is 209 Å². The zero-order valence-corrected chi connectivity index (χ0v) is 34.7. The molecule has 0 aliphatic heterocycles. The van der Waals surface area contributed by atoms with Gasteiger partial charge in [0, 0.05) is 9.52 Å². The van der Waals surface area contributed by atoms with Gasteiger partial charge in [-0.05, 0) is 11.1 Å². The van der Waals surface area contributed by atoms with Crippen molar-refractivity contribution in [3.63, 3.8) is 0 Å². The van der Waals surface area contributed by atoms with Crippen LogP contribution in [0.2, 0.25) is 13.1 Å². The zero-order chi connectivity index (χ0) is 36.1. The van der Waals surface area contributed by atoms with Crippen molar-refractivity contribution >= 4 is 33.8 Å². The fraction of sp³-hybridized carbons (Fsp3) is 0.120. The molecule has 2 atom stereocenters. The van der Waals surface area contributed by atoms with E-state index in [-0.39, 0.29) is 0 Å². The van der Waals surface area contributed by atoms with Crippen molar-refractivity contribution in [3.8, 4) is 22.3 Å². The van der Waals surface area contributed by atoms with Gasteiger partial charge in [-0.2, -0.15) is 0 Å². The molecule has 256 valence electrons. The predicted octanol–water partition coefficient (Wildman–Crippen LogP) is 13.4. The van der Waals surface area contributed by atoms with Crippen LogP contribution in [0.1, 0.15) is 54.5 Å². The Morgan fingerprint density at radius 3 is 1.15 bits per heavy atom. The molecule has 0 saturated heterocycles. The van der Waals surface area contributed by atoms with Crippen LogP contribution in [0.5, 0.6) is 0 Å². The van der Waals surface area contributed by atoms with E-state index in [2.05, 4.69) is 185 Å². The van der Waals surface area contributed by atoms with E-state index in [1.165, 1.54) is 44.5 Å². The van der Waals surface area contributed by atoms with E-state index in [1.54, 1.807) is 22.3 Å². The van der Waals surface area contributed by atoms with Gasteiger partial charge in [0.1, 0.15) is 0 Å². The second kappa shape index (κ2) is 18.7. The summed E-state index contributed by atoms with van der Waals surface area (Å²) in [6.45, 7) is 9.24. The third-order valence-electron chi connectivity index (χ3n) is 9.35. The average Bonchev–Trinajstić information content (AvgIpc) is 3.70. The van der Waals surface area contributed by atoms with Gasteiger partial charge in [0.15, 0.2) is 0 Å². The van der Waals surface area contributed by atoms with E-state index in [0.717, 1.165) is 0 Å². The van der Waals surface area contributed by atoms with Gasteiger partial charge < -0.3 is 0 Å². The molecule has 0 aromatic heterocycles. The van der Waals surface area contributed by atoms with Crippen molar-refractivity contribution in [1.82, 2.24) is 0 Å². The predicted molar refractivity (Wildman–Crippen MR) is 228 cm³/mol. The van der Waals surface area contributed by atoms with Crippen molar-refractivity contribution < 1.29 is 23.2 Å². The van der Waals surface area contributed by atoms with Crippen molar-refractivity contribution in [2.24, 2.45) is 0 Å². The molecule has 0 radical (unpaired) electrons. The van der Waals surface area contributed by atoms with Gasteiger partial charge in [-0.1, -0.05) is 98.1 Å². The molecule has 6 aromatic carbocycles. The minimum Gasteiger partial charge on any atom is -0.0750 e. The maximum Gasteiger partial charge on any atom is 0.0135 e. The average molecular weight is 768 g/mol. The molecular weight excluding hydrogens is 720 g/mol. The summed E-state index contributed by atoms with van der Waals surface area (Å²) in [4.78, 5) is 0. The zero-order valence-electron chi connectivity index (χ0n) is 30.8. The molecule has 2 aliphatic rings. The van der Waals surface area contributed by atoms with E-state index in [4.69, 9.17) is 0 Å². The Morgan fingerprint density at radius 1 is 0.442 bits per heavy atom. The minimum atomic E-state index is -0.835. The van der Waals surface area contributed by atoms with Crippen molar-refractivity contribution in [1.29, 1.82) is 0 Å². The number of rotatable bonds is 7. The maximum absolute atomic E-state index is 2.47. The minimum absolute atomic E-state index is 0.417. The molecule has 0 amide bonds. The molecular formula is C50H48SiZr. The molecule has 52 heavy (non-hydrogen) atoms. The van der Waals surface area contributed by atoms with Crippen LogP contribution in [0, 0.1) is 0 Å². The van der Waals surface area contributed by atoms with Gasteiger partial charge in [-0.25, -0.2) is 0 Å². The van der Waals surface area contributed by atoms with Crippen LogP contribution >= 0.6 is 0 Å². The molecule has 0 nitrogen and oxygen atoms in total. The van der Waals surface area contributed by atoms with Gasteiger partial charge in [-0.15, -0.1) is 0 Å². The Kier molecular flexibility index (Phi) is 13.4. The van der Waals surface area contributed by atoms with E-state index >= 15 is 0 Å². The molecule has 0 saturated carbocycles. The first-order valence-corrected chi connectivity index (χ1v) is 24.2. The first kappa shape index (κ1) is 37.1. The molecule has 8 rings (SSSR count). The summed E-state index contributed by atoms with van der Waals surface area (Å²) in [7, 11) is 0.417. The van der Waals surface area contributed by atoms with Crippen LogP contribution in [0.3, 0.4) is 0 Å².